The van der Waals surface area contributed by atoms with Gasteiger partial charge in [-0.2, -0.15) is 10.2 Å². The third-order valence-corrected chi connectivity index (χ3v) is 3.49. The Bertz CT molecular complexity index is 1020. The van der Waals surface area contributed by atoms with Gasteiger partial charge >= 0.3 is 0 Å². The van der Waals surface area contributed by atoms with Crippen LogP contribution in [0.15, 0.2) is 48.5 Å². The van der Waals surface area contributed by atoms with Gasteiger partial charge in [-0.1, -0.05) is 12.1 Å². The fourth-order valence-corrected chi connectivity index (χ4v) is 2.17. The van der Waals surface area contributed by atoms with Gasteiger partial charge in [0.05, 0.1) is 11.6 Å². The largest absolute Gasteiger partial charge is 0.436 e. The van der Waals surface area contributed by atoms with Gasteiger partial charge in [0.25, 0.3) is 11.8 Å². The minimum Gasteiger partial charge on any atom is -0.436 e. The summed E-state index contributed by atoms with van der Waals surface area (Å²) in [6, 6.07) is 14.4. The smallest absolute Gasteiger partial charge is 0.259 e. The Morgan fingerprint density at radius 3 is 2.12 bits per heavy atom. The molecule has 0 spiro atoms. The Kier molecular flexibility index (Phi) is 4.67. The van der Waals surface area contributed by atoms with E-state index in [9.17, 15) is 8.78 Å². The molecule has 0 saturated carbocycles. The molecule has 5 nitrogen and oxygen atoms in total. The molecule has 1 aromatic heterocycles. The van der Waals surface area contributed by atoms with Gasteiger partial charge in [-0.15, -0.1) is 0 Å². The molecule has 3 rings (SSSR count). The van der Waals surface area contributed by atoms with Crippen molar-refractivity contribution in [1.82, 2.24) is 4.98 Å². The highest BCUT2D eigenvalue weighted by atomic mass is 19.1. The van der Waals surface area contributed by atoms with Crippen LogP contribution < -0.4 is 15.2 Å². The number of nitrogens with two attached hydrogens (primary N) is 1. The standard InChI is InChI=1S/C19H13F2N3O2/c1-11-16(20)18(25-14-6-2-4-12(8-14)10-22)24-19(17(11)21)26-15-7-3-5-13(23)9-15/h2-9H,23H2,1H3. The summed E-state index contributed by atoms with van der Waals surface area (Å²) in [4.78, 5) is 3.79. The second-order valence-electron chi connectivity index (χ2n) is 5.39. The van der Waals surface area contributed by atoms with E-state index in [4.69, 9.17) is 20.5 Å². The summed E-state index contributed by atoms with van der Waals surface area (Å²) in [5, 5.41) is 8.92. The van der Waals surface area contributed by atoms with Gasteiger partial charge in [-0.05, 0) is 37.3 Å². The molecule has 0 saturated heterocycles. The van der Waals surface area contributed by atoms with E-state index in [0.717, 1.165) is 0 Å². The van der Waals surface area contributed by atoms with E-state index in [2.05, 4.69) is 4.98 Å². The van der Waals surface area contributed by atoms with Crippen LogP contribution in [0.1, 0.15) is 11.1 Å². The fraction of sp³-hybridized carbons (Fsp3) is 0.0526. The normalized spacial score (nSPS) is 10.2. The zero-order valence-electron chi connectivity index (χ0n) is 13.7. The van der Waals surface area contributed by atoms with Crippen LogP contribution in [0.2, 0.25) is 0 Å². The van der Waals surface area contributed by atoms with Crippen LogP contribution in [0.25, 0.3) is 0 Å². The molecule has 0 atom stereocenters. The maximum absolute atomic E-state index is 14.3. The van der Waals surface area contributed by atoms with Crippen molar-refractivity contribution >= 4 is 5.69 Å². The van der Waals surface area contributed by atoms with Crippen LogP contribution in [0, 0.1) is 29.9 Å². The second-order valence-corrected chi connectivity index (χ2v) is 5.39. The average molecular weight is 353 g/mol. The Morgan fingerprint density at radius 1 is 0.962 bits per heavy atom. The molecule has 130 valence electrons. The SMILES string of the molecule is Cc1c(F)c(Oc2cccc(N)c2)nc(Oc2cccc(C#N)c2)c1F. The molecule has 0 aliphatic rings. The highest BCUT2D eigenvalue weighted by Gasteiger charge is 2.21. The number of anilines is 1. The predicted molar refractivity (Wildman–Crippen MR) is 91.0 cm³/mol. The van der Waals surface area contributed by atoms with Crippen LogP contribution in [0.4, 0.5) is 14.5 Å². The number of hydrogen-bond donors (Lipinski definition) is 1. The van der Waals surface area contributed by atoms with Crippen LogP contribution in [0.3, 0.4) is 0 Å². The van der Waals surface area contributed by atoms with E-state index in [0.29, 0.717) is 11.3 Å². The first-order valence-corrected chi connectivity index (χ1v) is 7.55. The van der Waals surface area contributed by atoms with Gasteiger partial charge in [0, 0.05) is 17.3 Å². The molecule has 0 fully saturated rings. The van der Waals surface area contributed by atoms with Gasteiger partial charge in [-0.3, -0.25) is 0 Å². The maximum atomic E-state index is 14.3. The van der Waals surface area contributed by atoms with E-state index in [1.807, 2.05) is 6.07 Å². The third-order valence-electron chi connectivity index (χ3n) is 3.49. The summed E-state index contributed by atoms with van der Waals surface area (Å²) in [5.74, 6) is -2.36. The number of aromatic nitrogens is 1. The van der Waals surface area contributed by atoms with Gasteiger partial charge < -0.3 is 15.2 Å². The average Bonchev–Trinajstić information content (AvgIpc) is 2.64. The quantitative estimate of drug-likeness (QED) is 0.687. The van der Waals surface area contributed by atoms with Gasteiger partial charge in [0.15, 0.2) is 11.6 Å². The second kappa shape index (κ2) is 7.07. The lowest BCUT2D eigenvalue weighted by molar-refractivity contribution is 0.373. The van der Waals surface area contributed by atoms with Crippen molar-refractivity contribution in [3.05, 3.63) is 71.3 Å². The first-order chi connectivity index (χ1) is 12.5. The molecule has 2 N–H and O–H groups in total. The highest BCUT2D eigenvalue weighted by Crippen LogP contribution is 2.33. The van der Waals surface area contributed by atoms with Gasteiger partial charge in [0.1, 0.15) is 11.5 Å². The number of pyridine rings is 1. The molecular weight excluding hydrogens is 340 g/mol. The van der Waals surface area contributed by atoms with Crippen molar-refractivity contribution in [2.24, 2.45) is 0 Å². The monoisotopic (exact) mass is 353 g/mol. The molecular formula is C19H13F2N3O2. The van der Waals surface area contributed by atoms with Crippen molar-refractivity contribution in [1.29, 1.82) is 5.26 Å². The fourth-order valence-electron chi connectivity index (χ4n) is 2.17. The molecule has 7 heteroatoms. The summed E-state index contributed by atoms with van der Waals surface area (Å²) in [6.45, 7) is 1.25. The van der Waals surface area contributed by atoms with E-state index < -0.39 is 23.4 Å². The lowest BCUT2D eigenvalue weighted by atomic mass is 10.2. The van der Waals surface area contributed by atoms with Crippen molar-refractivity contribution in [2.45, 2.75) is 6.92 Å². The zero-order valence-corrected chi connectivity index (χ0v) is 13.7. The van der Waals surface area contributed by atoms with Crippen molar-refractivity contribution < 1.29 is 18.3 Å². The van der Waals surface area contributed by atoms with Crippen molar-refractivity contribution in [3.63, 3.8) is 0 Å². The number of hydrogen-bond acceptors (Lipinski definition) is 5. The molecule has 3 aromatic rings. The molecule has 2 aromatic carbocycles. The maximum Gasteiger partial charge on any atom is 0.259 e. The van der Waals surface area contributed by atoms with Crippen LogP contribution in [0.5, 0.6) is 23.3 Å². The topological polar surface area (TPSA) is 81.2 Å². The third kappa shape index (κ3) is 3.54. The minimum atomic E-state index is -0.954. The highest BCUT2D eigenvalue weighted by molar-refractivity contribution is 5.45. The molecule has 26 heavy (non-hydrogen) atoms. The van der Waals surface area contributed by atoms with Gasteiger partial charge in [0.2, 0.25) is 0 Å². The lowest BCUT2D eigenvalue weighted by Crippen LogP contribution is -2.02. The summed E-state index contributed by atoms with van der Waals surface area (Å²) in [7, 11) is 0. The molecule has 0 radical (unpaired) electrons. The molecule has 0 unspecified atom stereocenters. The van der Waals surface area contributed by atoms with E-state index in [-0.39, 0.29) is 17.1 Å². The first-order valence-electron chi connectivity index (χ1n) is 7.55. The number of nitrogen functional groups attached to an aromatic ring is 1. The van der Waals surface area contributed by atoms with Crippen LogP contribution in [-0.2, 0) is 0 Å². The molecule has 0 aliphatic heterocycles. The van der Waals surface area contributed by atoms with E-state index in [1.54, 1.807) is 30.3 Å². The lowest BCUT2D eigenvalue weighted by Gasteiger charge is -2.12. The summed E-state index contributed by atoms with van der Waals surface area (Å²) >= 11 is 0. The van der Waals surface area contributed by atoms with Crippen LogP contribution >= 0.6 is 0 Å². The minimum absolute atomic E-state index is 0.191. The van der Waals surface area contributed by atoms with Gasteiger partial charge in [-0.25, -0.2) is 8.78 Å². The van der Waals surface area contributed by atoms with E-state index >= 15 is 0 Å². The molecule has 0 bridgehead atoms. The number of ether oxygens (including phenoxy) is 2. The zero-order chi connectivity index (χ0) is 18.7. The number of rotatable bonds is 4. The molecule has 1 heterocycles. The van der Waals surface area contributed by atoms with Crippen LogP contribution in [-0.4, -0.2) is 4.98 Å². The van der Waals surface area contributed by atoms with Crippen molar-refractivity contribution in [2.75, 3.05) is 5.73 Å². The summed E-state index contributed by atoms with van der Waals surface area (Å²) in [6.07, 6.45) is 0. The Hall–Kier alpha value is -3.66. The predicted octanol–water partition coefficient (Wildman–Crippen LogP) is 4.71. The van der Waals surface area contributed by atoms with E-state index in [1.165, 1.54) is 25.1 Å². The summed E-state index contributed by atoms with van der Waals surface area (Å²) in [5.41, 5.74) is 6.11. The first kappa shape index (κ1) is 17.2. The summed E-state index contributed by atoms with van der Waals surface area (Å²) < 4.78 is 39.4. The number of nitrogens with zero attached hydrogens (tertiary/aromatic N) is 2. The number of nitriles is 1. The Balaban J connectivity index is 1.98. The molecule has 0 aliphatic carbocycles. The Labute approximate surface area is 148 Å². The van der Waals surface area contributed by atoms with Crippen molar-refractivity contribution in [3.8, 4) is 29.3 Å². The number of halogens is 2. The Morgan fingerprint density at radius 2 is 1.54 bits per heavy atom. The molecule has 0 amide bonds. The number of benzene rings is 2.